The molecule has 2 aromatic rings. The first-order valence-electron chi connectivity index (χ1n) is 5.67. The molecular formula is C14H13NO3S. The van der Waals surface area contributed by atoms with Crippen LogP contribution in [-0.4, -0.2) is 14.2 Å². The first-order valence-corrected chi connectivity index (χ1v) is 7.22. The molecule has 0 aliphatic heterocycles. The summed E-state index contributed by atoms with van der Waals surface area (Å²) in [5.41, 5.74) is 0.963. The zero-order valence-electron chi connectivity index (χ0n) is 10.1. The van der Waals surface area contributed by atoms with Crippen LogP contribution in [0.4, 0.5) is 0 Å². The number of rotatable bonds is 4. The summed E-state index contributed by atoms with van der Waals surface area (Å²) < 4.78 is 22.9. The summed E-state index contributed by atoms with van der Waals surface area (Å²) in [7, 11) is -3.81. The van der Waals surface area contributed by atoms with Crippen LogP contribution in [0.25, 0.3) is 0 Å². The molecule has 0 aromatic heterocycles. The van der Waals surface area contributed by atoms with E-state index in [9.17, 15) is 13.2 Å². The van der Waals surface area contributed by atoms with Crippen molar-refractivity contribution < 1.29 is 13.2 Å². The molecule has 0 atom stereocenters. The Balaban J connectivity index is 2.33. The van der Waals surface area contributed by atoms with Gasteiger partial charge in [0.1, 0.15) is 0 Å². The van der Waals surface area contributed by atoms with Gasteiger partial charge in [0.05, 0.1) is 4.90 Å². The van der Waals surface area contributed by atoms with Crippen molar-refractivity contribution in [1.29, 1.82) is 0 Å². The van der Waals surface area contributed by atoms with E-state index in [-0.39, 0.29) is 17.1 Å². The van der Waals surface area contributed by atoms with Crippen molar-refractivity contribution in [3.8, 4) is 0 Å². The lowest BCUT2D eigenvalue weighted by Crippen LogP contribution is -2.16. The maximum atomic E-state index is 12.1. The molecule has 0 radical (unpaired) electrons. The lowest BCUT2D eigenvalue weighted by Gasteiger charge is -2.06. The molecule has 0 spiro atoms. The fourth-order valence-corrected chi connectivity index (χ4v) is 2.60. The normalized spacial score (nSPS) is 11.2. The summed E-state index contributed by atoms with van der Waals surface area (Å²) in [4.78, 5) is 12.1. The highest BCUT2D eigenvalue weighted by molar-refractivity contribution is 7.89. The van der Waals surface area contributed by atoms with Gasteiger partial charge in [-0.2, -0.15) is 0 Å². The molecule has 2 aromatic carbocycles. The van der Waals surface area contributed by atoms with Gasteiger partial charge < -0.3 is 0 Å². The Labute approximate surface area is 111 Å². The van der Waals surface area contributed by atoms with Crippen molar-refractivity contribution in [2.45, 2.75) is 11.3 Å². The molecule has 0 aliphatic carbocycles. The minimum absolute atomic E-state index is 0.000666. The summed E-state index contributed by atoms with van der Waals surface area (Å²) >= 11 is 0. The van der Waals surface area contributed by atoms with E-state index < -0.39 is 10.0 Å². The van der Waals surface area contributed by atoms with Crippen molar-refractivity contribution in [2.24, 2.45) is 5.14 Å². The SMILES string of the molecule is NS(=O)(=O)c1ccccc1CC(=O)c1ccccc1. The monoisotopic (exact) mass is 275 g/mol. The number of carbonyl (C=O) groups excluding carboxylic acids is 1. The zero-order valence-corrected chi connectivity index (χ0v) is 10.9. The fraction of sp³-hybridized carbons (Fsp3) is 0.0714. The van der Waals surface area contributed by atoms with Crippen LogP contribution < -0.4 is 5.14 Å². The van der Waals surface area contributed by atoms with Crippen molar-refractivity contribution in [2.75, 3.05) is 0 Å². The molecule has 2 rings (SSSR count). The van der Waals surface area contributed by atoms with E-state index in [0.29, 0.717) is 11.1 Å². The van der Waals surface area contributed by atoms with Crippen LogP contribution in [0.15, 0.2) is 59.5 Å². The Kier molecular flexibility index (Phi) is 3.78. The molecule has 0 bridgehead atoms. The van der Waals surface area contributed by atoms with Gasteiger partial charge >= 0.3 is 0 Å². The largest absolute Gasteiger partial charge is 0.294 e. The van der Waals surface area contributed by atoms with E-state index in [1.165, 1.54) is 6.07 Å². The molecule has 0 aliphatic rings. The predicted molar refractivity (Wildman–Crippen MR) is 72.3 cm³/mol. The first kappa shape index (κ1) is 13.5. The van der Waals surface area contributed by atoms with Gasteiger partial charge in [0.15, 0.2) is 5.78 Å². The predicted octanol–water partition coefficient (Wildman–Crippen LogP) is 1.76. The highest BCUT2D eigenvalue weighted by Gasteiger charge is 2.16. The van der Waals surface area contributed by atoms with E-state index in [4.69, 9.17) is 5.14 Å². The molecule has 19 heavy (non-hydrogen) atoms. The maximum Gasteiger partial charge on any atom is 0.238 e. The number of ketones is 1. The van der Waals surface area contributed by atoms with Crippen LogP contribution in [-0.2, 0) is 16.4 Å². The molecular weight excluding hydrogens is 262 g/mol. The van der Waals surface area contributed by atoms with Crippen LogP contribution in [0, 0.1) is 0 Å². The molecule has 0 amide bonds. The molecule has 5 heteroatoms. The van der Waals surface area contributed by atoms with Crippen molar-refractivity contribution in [1.82, 2.24) is 0 Å². The lowest BCUT2D eigenvalue weighted by atomic mass is 10.0. The number of sulfonamides is 1. The lowest BCUT2D eigenvalue weighted by molar-refractivity contribution is 0.0992. The van der Waals surface area contributed by atoms with Gasteiger partial charge in [-0.15, -0.1) is 0 Å². The number of benzene rings is 2. The highest BCUT2D eigenvalue weighted by atomic mass is 32.2. The Morgan fingerprint density at radius 3 is 2.16 bits per heavy atom. The Morgan fingerprint density at radius 2 is 1.53 bits per heavy atom. The van der Waals surface area contributed by atoms with Crippen molar-refractivity contribution in [3.63, 3.8) is 0 Å². The number of carbonyl (C=O) groups is 1. The van der Waals surface area contributed by atoms with Crippen LogP contribution in [0.5, 0.6) is 0 Å². The van der Waals surface area contributed by atoms with E-state index in [1.54, 1.807) is 42.5 Å². The fourth-order valence-electron chi connectivity index (χ4n) is 1.83. The number of hydrogen-bond acceptors (Lipinski definition) is 3. The molecule has 0 saturated heterocycles. The third-order valence-corrected chi connectivity index (χ3v) is 3.74. The van der Waals surface area contributed by atoms with E-state index in [1.807, 2.05) is 6.07 Å². The molecule has 0 heterocycles. The molecule has 0 unspecified atom stereocenters. The van der Waals surface area contributed by atoms with Gasteiger partial charge in [-0.1, -0.05) is 48.5 Å². The third-order valence-electron chi connectivity index (χ3n) is 2.73. The van der Waals surface area contributed by atoms with Gasteiger partial charge in [0, 0.05) is 12.0 Å². The Morgan fingerprint density at radius 1 is 0.947 bits per heavy atom. The standard InChI is InChI=1S/C14H13NO3S/c15-19(17,18)14-9-5-4-8-12(14)10-13(16)11-6-2-1-3-7-11/h1-9H,10H2,(H2,15,17,18). The quantitative estimate of drug-likeness (QED) is 0.864. The molecule has 4 nitrogen and oxygen atoms in total. The maximum absolute atomic E-state index is 12.1. The van der Waals surface area contributed by atoms with Crippen LogP contribution >= 0.6 is 0 Å². The summed E-state index contributed by atoms with van der Waals surface area (Å²) in [5.74, 6) is -0.142. The van der Waals surface area contributed by atoms with Crippen molar-refractivity contribution >= 4 is 15.8 Å². The Hall–Kier alpha value is -1.98. The third kappa shape index (κ3) is 3.27. The van der Waals surface area contributed by atoms with Crippen LogP contribution in [0.2, 0.25) is 0 Å². The number of Topliss-reactive ketones (excluding diaryl/α,β-unsaturated/α-hetero) is 1. The Bertz CT molecular complexity index is 694. The average molecular weight is 275 g/mol. The van der Waals surface area contributed by atoms with Crippen LogP contribution in [0.3, 0.4) is 0 Å². The average Bonchev–Trinajstić information content (AvgIpc) is 2.39. The van der Waals surface area contributed by atoms with Crippen LogP contribution in [0.1, 0.15) is 15.9 Å². The van der Waals surface area contributed by atoms with Gasteiger partial charge in [0.2, 0.25) is 10.0 Å². The minimum atomic E-state index is -3.81. The molecule has 98 valence electrons. The van der Waals surface area contributed by atoms with E-state index in [0.717, 1.165) is 0 Å². The van der Waals surface area contributed by atoms with Gasteiger partial charge in [-0.05, 0) is 11.6 Å². The summed E-state index contributed by atoms with van der Waals surface area (Å²) in [6.45, 7) is 0. The number of hydrogen-bond donors (Lipinski definition) is 1. The zero-order chi connectivity index (χ0) is 13.9. The number of primary sulfonamides is 1. The first-order chi connectivity index (χ1) is 8.98. The van der Waals surface area contributed by atoms with Gasteiger partial charge in [-0.25, -0.2) is 13.6 Å². The summed E-state index contributed by atoms with van der Waals surface area (Å²) in [6, 6.07) is 15.0. The van der Waals surface area contributed by atoms with Gasteiger partial charge in [0.25, 0.3) is 0 Å². The second-order valence-corrected chi connectivity index (χ2v) is 5.65. The smallest absolute Gasteiger partial charge is 0.238 e. The van der Waals surface area contributed by atoms with Gasteiger partial charge in [-0.3, -0.25) is 4.79 Å². The highest BCUT2D eigenvalue weighted by Crippen LogP contribution is 2.16. The second kappa shape index (κ2) is 5.34. The minimum Gasteiger partial charge on any atom is -0.294 e. The van der Waals surface area contributed by atoms with E-state index >= 15 is 0 Å². The topological polar surface area (TPSA) is 77.2 Å². The second-order valence-electron chi connectivity index (χ2n) is 4.12. The van der Waals surface area contributed by atoms with E-state index in [2.05, 4.69) is 0 Å². The molecule has 2 N–H and O–H groups in total. The molecule has 0 fully saturated rings. The van der Waals surface area contributed by atoms with Crippen molar-refractivity contribution in [3.05, 3.63) is 65.7 Å². The summed E-state index contributed by atoms with van der Waals surface area (Å²) in [5, 5.41) is 5.13. The summed E-state index contributed by atoms with van der Waals surface area (Å²) in [6.07, 6.45) is 0.0105. The molecule has 0 saturated carbocycles. The number of nitrogens with two attached hydrogens (primary N) is 1.